The van der Waals surface area contributed by atoms with E-state index >= 15 is 0 Å². The monoisotopic (exact) mass is 252 g/mol. The Labute approximate surface area is 107 Å². The highest BCUT2D eigenvalue weighted by Crippen LogP contribution is 2.16. The normalized spacial score (nSPS) is 12.3. The number of rotatable bonds is 4. The maximum absolute atomic E-state index is 12.0. The van der Waals surface area contributed by atoms with Crippen LogP contribution < -0.4 is 16.4 Å². The molecule has 1 atom stereocenters. The summed E-state index contributed by atoms with van der Waals surface area (Å²) in [7, 11) is 1.53. The molecule has 6 heteroatoms. The molecular weight excluding hydrogens is 232 g/mol. The standard InChI is InChI=1S/C12H20N4O2/c1-7(2)16-6-9(13)5-10(16)12(18)15-8(3)11(17)14-4/h5-8H,13H2,1-4H3,(H,14,17)(H,15,18). The van der Waals surface area contributed by atoms with Crippen molar-refractivity contribution < 1.29 is 9.59 Å². The quantitative estimate of drug-likeness (QED) is 0.729. The molecule has 6 nitrogen and oxygen atoms in total. The molecular formula is C12H20N4O2. The predicted molar refractivity (Wildman–Crippen MR) is 70.2 cm³/mol. The van der Waals surface area contributed by atoms with Crippen LogP contribution in [-0.4, -0.2) is 29.5 Å². The van der Waals surface area contributed by atoms with Gasteiger partial charge in [0.2, 0.25) is 5.91 Å². The zero-order valence-electron chi connectivity index (χ0n) is 11.2. The van der Waals surface area contributed by atoms with Crippen molar-refractivity contribution in [2.24, 2.45) is 0 Å². The first-order chi connectivity index (χ1) is 8.36. The fraction of sp³-hybridized carbons (Fsp3) is 0.500. The third kappa shape index (κ3) is 3.03. The van der Waals surface area contributed by atoms with Crippen LogP contribution in [0.2, 0.25) is 0 Å². The van der Waals surface area contributed by atoms with E-state index in [2.05, 4.69) is 10.6 Å². The van der Waals surface area contributed by atoms with E-state index in [1.807, 2.05) is 13.8 Å². The van der Waals surface area contributed by atoms with Crippen molar-refractivity contribution in [2.45, 2.75) is 32.9 Å². The Balaban J connectivity index is 2.87. The summed E-state index contributed by atoms with van der Waals surface area (Å²) in [5.41, 5.74) is 6.68. The highest BCUT2D eigenvalue weighted by Gasteiger charge is 2.19. The Kier molecular flexibility index (Phi) is 4.36. The molecule has 100 valence electrons. The van der Waals surface area contributed by atoms with Gasteiger partial charge in [-0.15, -0.1) is 0 Å². The molecule has 0 fully saturated rings. The van der Waals surface area contributed by atoms with E-state index < -0.39 is 6.04 Å². The first kappa shape index (κ1) is 14.1. The average Bonchev–Trinajstić information content (AvgIpc) is 2.70. The van der Waals surface area contributed by atoms with Crippen molar-refractivity contribution in [1.29, 1.82) is 0 Å². The minimum Gasteiger partial charge on any atom is -0.397 e. The van der Waals surface area contributed by atoms with Gasteiger partial charge in [0.25, 0.3) is 5.91 Å². The molecule has 0 saturated carbocycles. The molecule has 2 amide bonds. The Morgan fingerprint density at radius 1 is 1.33 bits per heavy atom. The first-order valence-electron chi connectivity index (χ1n) is 5.86. The fourth-order valence-corrected chi connectivity index (χ4v) is 1.66. The molecule has 1 rings (SSSR count). The van der Waals surface area contributed by atoms with E-state index in [9.17, 15) is 9.59 Å². The summed E-state index contributed by atoms with van der Waals surface area (Å²) in [5.74, 6) is -0.546. The molecule has 0 saturated heterocycles. The van der Waals surface area contributed by atoms with Crippen LogP contribution in [0.1, 0.15) is 37.3 Å². The number of nitrogens with two attached hydrogens (primary N) is 1. The number of anilines is 1. The Bertz CT molecular complexity index is 451. The van der Waals surface area contributed by atoms with Gasteiger partial charge in [-0.05, 0) is 26.8 Å². The van der Waals surface area contributed by atoms with Crippen molar-refractivity contribution in [3.63, 3.8) is 0 Å². The molecule has 0 aliphatic rings. The lowest BCUT2D eigenvalue weighted by molar-refractivity contribution is -0.122. The average molecular weight is 252 g/mol. The van der Waals surface area contributed by atoms with Crippen molar-refractivity contribution in [1.82, 2.24) is 15.2 Å². The van der Waals surface area contributed by atoms with Crippen LogP contribution in [0.15, 0.2) is 12.3 Å². The van der Waals surface area contributed by atoms with Gasteiger partial charge in [-0.2, -0.15) is 0 Å². The van der Waals surface area contributed by atoms with Gasteiger partial charge in [0.1, 0.15) is 11.7 Å². The SMILES string of the molecule is CNC(=O)C(C)NC(=O)c1cc(N)cn1C(C)C. The van der Waals surface area contributed by atoms with Crippen LogP contribution in [0.25, 0.3) is 0 Å². The Hall–Kier alpha value is -1.98. The molecule has 1 heterocycles. The van der Waals surface area contributed by atoms with Gasteiger partial charge in [0.15, 0.2) is 0 Å². The number of nitrogens with one attached hydrogen (secondary N) is 2. The van der Waals surface area contributed by atoms with Gasteiger partial charge in [0, 0.05) is 19.3 Å². The second-order valence-corrected chi connectivity index (χ2v) is 4.47. The molecule has 18 heavy (non-hydrogen) atoms. The van der Waals surface area contributed by atoms with Crippen LogP contribution in [0.4, 0.5) is 5.69 Å². The van der Waals surface area contributed by atoms with E-state index in [0.29, 0.717) is 11.4 Å². The van der Waals surface area contributed by atoms with Crippen LogP contribution in [0, 0.1) is 0 Å². The molecule has 4 N–H and O–H groups in total. The maximum atomic E-state index is 12.0. The fourth-order valence-electron chi connectivity index (χ4n) is 1.66. The predicted octanol–water partition coefficient (Wildman–Crippen LogP) is 0.515. The van der Waals surface area contributed by atoms with Gasteiger partial charge in [-0.25, -0.2) is 0 Å². The molecule has 1 aromatic heterocycles. The lowest BCUT2D eigenvalue weighted by Gasteiger charge is -2.15. The van der Waals surface area contributed by atoms with Crippen LogP contribution in [0.3, 0.4) is 0 Å². The summed E-state index contributed by atoms with van der Waals surface area (Å²) < 4.78 is 1.78. The second-order valence-electron chi connectivity index (χ2n) is 4.47. The van der Waals surface area contributed by atoms with Gasteiger partial charge in [-0.1, -0.05) is 0 Å². The van der Waals surface area contributed by atoms with Crippen molar-refractivity contribution >= 4 is 17.5 Å². The molecule has 0 aliphatic heterocycles. The van der Waals surface area contributed by atoms with Gasteiger partial charge in [-0.3, -0.25) is 9.59 Å². The summed E-state index contributed by atoms with van der Waals surface area (Å²) in [6.07, 6.45) is 1.71. The van der Waals surface area contributed by atoms with Gasteiger partial charge < -0.3 is 20.9 Å². The highest BCUT2D eigenvalue weighted by atomic mass is 16.2. The Morgan fingerprint density at radius 3 is 2.44 bits per heavy atom. The minimum absolute atomic E-state index is 0.123. The van der Waals surface area contributed by atoms with Crippen molar-refractivity contribution in [3.05, 3.63) is 18.0 Å². The zero-order chi connectivity index (χ0) is 13.9. The number of nitrogen functional groups attached to an aromatic ring is 1. The lowest BCUT2D eigenvalue weighted by atomic mass is 10.2. The van der Waals surface area contributed by atoms with Gasteiger partial charge >= 0.3 is 0 Å². The van der Waals surface area contributed by atoms with Gasteiger partial charge in [0.05, 0.1) is 5.69 Å². The number of carbonyl (C=O) groups excluding carboxylic acids is 2. The second kappa shape index (κ2) is 5.57. The largest absolute Gasteiger partial charge is 0.397 e. The molecule has 0 bridgehead atoms. The third-order valence-electron chi connectivity index (χ3n) is 2.65. The number of hydrogen-bond acceptors (Lipinski definition) is 3. The number of nitrogens with zero attached hydrogens (tertiary/aromatic N) is 1. The van der Waals surface area contributed by atoms with E-state index in [1.165, 1.54) is 7.05 Å². The van der Waals surface area contributed by atoms with E-state index in [-0.39, 0.29) is 17.9 Å². The molecule has 0 aromatic carbocycles. The molecule has 1 aromatic rings. The van der Waals surface area contributed by atoms with Crippen LogP contribution in [-0.2, 0) is 4.79 Å². The minimum atomic E-state index is -0.584. The molecule has 0 spiro atoms. The van der Waals surface area contributed by atoms with Crippen LogP contribution >= 0.6 is 0 Å². The summed E-state index contributed by atoms with van der Waals surface area (Å²) >= 11 is 0. The van der Waals surface area contributed by atoms with Crippen LogP contribution in [0.5, 0.6) is 0 Å². The summed E-state index contributed by atoms with van der Waals surface area (Å²) in [6, 6.07) is 1.14. The molecule has 0 aliphatic carbocycles. The number of carbonyl (C=O) groups is 2. The number of aromatic nitrogens is 1. The van der Waals surface area contributed by atoms with E-state index in [4.69, 9.17) is 5.73 Å². The first-order valence-corrected chi connectivity index (χ1v) is 5.86. The topological polar surface area (TPSA) is 89.2 Å². The lowest BCUT2D eigenvalue weighted by Crippen LogP contribution is -2.44. The smallest absolute Gasteiger partial charge is 0.268 e. The number of amides is 2. The Morgan fingerprint density at radius 2 is 1.94 bits per heavy atom. The zero-order valence-corrected chi connectivity index (χ0v) is 11.2. The van der Waals surface area contributed by atoms with E-state index in [0.717, 1.165) is 0 Å². The molecule has 1 unspecified atom stereocenters. The summed E-state index contributed by atoms with van der Waals surface area (Å²) in [5, 5.41) is 5.11. The molecule has 0 radical (unpaired) electrons. The third-order valence-corrected chi connectivity index (χ3v) is 2.65. The van der Waals surface area contributed by atoms with E-state index in [1.54, 1.807) is 23.8 Å². The maximum Gasteiger partial charge on any atom is 0.268 e. The van der Waals surface area contributed by atoms with Crippen molar-refractivity contribution in [3.8, 4) is 0 Å². The summed E-state index contributed by atoms with van der Waals surface area (Å²) in [6.45, 7) is 5.54. The summed E-state index contributed by atoms with van der Waals surface area (Å²) in [4.78, 5) is 23.4. The number of hydrogen-bond donors (Lipinski definition) is 3. The van der Waals surface area contributed by atoms with Crippen molar-refractivity contribution in [2.75, 3.05) is 12.8 Å². The highest BCUT2D eigenvalue weighted by molar-refractivity contribution is 5.97. The number of likely N-dealkylation sites (N-methyl/N-ethyl adjacent to an activating group) is 1.